The Bertz CT molecular complexity index is 1740. The van der Waals surface area contributed by atoms with Crippen LogP contribution in [0.15, 0.2) is 55.2 Å². The Hall–Kier alpha value is -4.80. The van der Waals surface area contributed by atoms with Crippen molar-refractivity contribution in [1.82, 2.24) is 44.2 Å². The molecule has 0 atom stereocenters. The lowest BCUT2D eigenvalue weighted by Gasteiger charge is -2.31. The zero-order valence-electron chi connectivity index (χ0n) is 23.4. The molecule has 1 aromatic carbocycles. The molecule has 1 aliphatic carbocycles. The van der Waals surface area contributed by atoms with E-state index in [0.29, 0.717) is 5.95 Å². The first kappa shape index (κ1) is 25.2. The highest BCUT2D eigenvalue weighted by Crippen LogP contribution is 2.40. The minimum absolute atomic E-state index is 0.137. The van der Waals surface area contributed by atoms with E-state index in [-0.39, 0.29) is 11.9 Å². The highest BCUT2D eigenvalue weighted by atomic mass is 16.2. The molecule has 2 aliphatic rings. The quantitative estimate of drug-likeness (QED) is 0.351. The van der Waals surface area contributed by atoms with Gasteiger partial charge in [0.15, 0.2) is 0 Å². The summed E-state index contributed by atoms with van der Waals surface area (Å²) in [5, 5.41) is 17.1. The Morgan fingerprint density at radius 1 is 0.927 bits per heavy atom. The average molecular weight is 549 g/mol. The third-order valence-electron chi connectivity index (χ3n) is 8.19. The second kappa shape index (κ2) is 9.99. The van der Waals surface area contributed by atoms with Crippen LogP contribution in [0.3, 0.4) is 0 Å². The molecule has 208 valence electrons. The van der Waals surface area contributed by atoms with Crippen LogP contribution in [0.25, 0.3) is 33.6 Å². The van der Waals surface area contributed by atoms with Gasteiger partial charge in [-0.05, 0) is 36.8 Å². The SMILES string of the molecule is CC(=O)N1CCC(n2cc(Nc3ncc4c(n3)-c3c(nn(C)c3-c3ccc(-c5cnn(C)c5)cc3)CC4)cn2)CC1. The summed E-state index contributed by atoms with van der Waals surface area (Å²) >= 11 is 0. The van der Waals surface area contributed by atoms with E-state index < -0.39 is 0 Å². The van der Waals surface area contributed by atoms with Gasteiger partial charge in [-0.25, -0.2) is 9.97 Å². The first-order valence-electron chi connectivity index (χ1n) is 14.0. The minimum atomic E-state index is 0.137. The summed E-state index contributed by atoms with van der Waals surface area (Å²) in [6.45, 7) is 3.16. The lowest BCUT2D eigenvalue weighted by atomic mass is 9.91. The Kier molecular flexibility index (Phi) is 6.14. The molecule has 11 nitrogen and oxygen atoms in total. The van der Waals surface area contributed by atoms with E-state index in [2.05, 4.69) is 44.8 Å². The van der Waals surface area contributed by atoms with Crippen LogP contribution in [0, 0.1) is 0 Å². The molecule has 7 rings (SSSR count). The summed E-state index contributed by atoms with van der Waals surface area (Å²) in [5.41, 5.74) is 9.36. The number of nitrogens with zero attached hydrogens (tertiary/aromatic N) is 9. The summed E-state index contributed by atoms with van der Waals surface area (Å²) in [6, 6.07) is 8.82. The topological polar surface area (TPSA) is 112 Å². The molecule has 0 spiro atoms. The second-order valence-corrected chi connectivity index (χ2v) is 10.9. The Labute approximate surface area is 237 Å². The van der Waals surface area contributed by atoms with E-state index in [1.807, 2.05) is 64.0 Å². The molecule has 5 heterocycles. The molecule has 1 amide bonds. The van der Waals surface area contributed by atoms with E-state index in [1.54, 1.807) is 6.92 Å². The monoisotopic (exact) mass is 548 g/mol. The van der Waals surface area contributed by atoms with Gasteiger partial charge in [-0.15, -0.1) is 0 Å². The van der Waals surface area contributed by atoms with Crippen LogP contribution < -0.4 is 5.32 Å². The number of fused-ring (bicyclic) bond motifs is 3. The molecule has 1 fully saturated rings. The molecular formula is C30H32N10O. The van der Waals surface area contributed by atoms with Gasteiger partial charge in [0, 0.05) is 69.4 Å². The van der Waals surface area contributed by atoms with Crippen LogP contribution in [0.5, 0.6) is 0 Å². The average Bonchev–Trinajstić information content (AvgIpc) is 3.71. The summed E-state index contributed by atoms with van der Waals surface area (Å²) in [7, 11) is 3.92. The van der Waals surface area contributed by atoms with Crippen LogP contribution >= 0.6 is 0 Å². The third kappa shape index (κ3) is 4.66. The molecule has 41 heavy (non-hydrogen) atoms. The number of nitrogens with one attached hydrogen (secondary N) is 1. The van der Waals surface area contributed by atoms with Crippen LogP contribution in [-0.4, -0.2) is 63.2 Å². The highest BCUT2D eigenvalue weighted by Gasteiger charge is 2.27. The fourth-order valence-corrected chi connectivity index (χ4v) is 6.02. The number of aryl methyl sites for hydroxylation is 4. The van der Waals surface area contributed by atoms with Gasteiger partial charge in [0.25, 0.3) is 0 Å². The molecule has 0 radical (unpaired) electrons. The van der Waals surface area contributed by atoms with Crippen LogP contribution in [0.4, 0.5) is 11.6 Å². The number of carbonyl (C=O) groups excluding carboxylic acids is 1. The number of amides is 1. The summed E-state index contributed by atoms with van der Waals surface area (Å²) in [4.78, 5) is 23.2. The number of likely N-dealkylation sites (tertiary alicyclic amines) is 1. The van der Waals surface area contributed by atoms with Crippen molar-refractivity contribution in [2.75, 3.05) is 18.4 Å². The van der Waals surface area contributed by atoms with E-state index in [4.69, 9.17) is 10.1 Å². The summed E-state index contributed by atoms with van der Waals surface area (Å²) in [5.74, 6) is 0.668. The third-order valence-corrected chi connectivity index (χ3v) is 8.19. The number of piperidine rings is 1. The zero-order chi connectivity index (χ0) is 28.1. The molecule has 5 aromatic rings. The predicted molar refractivity (Wildman–Crippen MR) is 155 cm³/mol. The maximum Gasteiger partial charge on any atom is 0.227 e. The second-order valence-electron chi connectivity index (χ2n) is 10.9. The number of anilines is 2. The Morgan fingerprint density at radius 3 is 2.44 bits per heavy atom. The molecule has 1 aliphatic heterocycles. The fourth-order valence-electron chi connectivity index (χ4n) is 6.02. The molecular weight excluding hydrogens is 516 g/mol. The van der Waals surface area contributed by atoms with Gasteiger partial charge < -0.3 is 10.2 Å². The lowest BCUT2D eigenvalue weighted by molar-refractivity contribution is -0.130. The van der Waals surface area contributed by atoms with Crippen LogP contribution in [-0.2, 0) is 31.7 Å². The van der Waals surface area contributed by atoms with Crippen molar-refractivity contribution in [3.05, 3.63) is 66.5 Å². The van der Waals surface area contributed by atoms with Gasteiger partial charge in [0.2, 0.25) is 11.9 Å². The van der Waals surface area contributed by atoms with Gasteiger partial charge in [0.1, 0.15) is 0 Å². The number of aromatic nitrogens is 8. The van der Waals surface area contributed by atoms with Crippen molar-refractivity contribution in [3.8, 4) is 33.6 Å². The van der Waals surface area contributed by atoms with Crippen molar-refractivity contribution in [2.45, 2.75) is 38.6 Å². The number of hydrogen-bond acceptors (Lipinski definition) is 7. The van der Waals surface area contributed by atoms with E-state index in [9.17, 15) is 4.79 Å². The maximum absolute atomic E-state index is 11.7. The lowest BCUT2D eigenvalue weighted by Crippen LogP contribution is -2.37. The van der Waals surface area contributed by atoms with E-state index in [0.717, 1.165) is 89.4 Å². The minimum Gasteiger partial charge on any atom is -0.343 e. The zero-order valence-corrected chi connectivity index (χ0v) is 23.4. The molecule has 0 unspecified atom stereocenters. The van der Waals surface area contributed by atoms with Crippen LogP contribution in [0.2, 0.25) is 0 Å². The van der Waals surface area contributed by atoms with Crippen molar-refractivity contribution >= 4 is 17.5 Å². The normalized spacial score (nSPS) is 15.0. The Morgan fingerprint density at radius 2 is 1.71 bits per heavy atom. The van der Waals surface area contributed by atoms with Gasteiger partial charge in [0.05, 0.1) is 41.2 Å². The van der Waals surface area contributed by atoms with Crippen molar-refractivity contribution in [3.63, 3.8) is 0 Å². The molecule has 1 N–H and O–H groups in total. The van der Waals surface area contributed by atoms with Crippen molar-refractivity contribution < 1.29 is 4.79 Å². The summed E-state index contributed by atoms with van der Waals surface area (Å²) < 4.78 is 5.77. The van der Waals surface area contributed by atoms with Gasteiger partial charge in [-0.3, -0.25) is 18.8 Å². The standard InChI is InChI=1S/C30H32N10O/c1-19(41)39-12-10-25(11-13-39)40-18-24(16-33-40)34-30-31-14-22-8-9-26-27(28(22)35-30)29(38(3)36-26)21-6-4-20(5-7-21)23-15-32-37(2)17-23/h4-7,14-18,25H,8-13H2,1-3H3,(H,31,34,35). The molecule has 0 bridgehead atoms. The molecule has 1 saturated heterocycles. The number of rotatable bonds is 5. The number of hydrogen-bond donors (Lipinski definition) is 1. The van der Waals surface area contributed by atoms with Crippen LogP contribution in [0.1, 0.15) is 37.1 Å². The van der Waals surface area contributed by atoms with Gasteiger partial charge in [-0.2, -0.15) is 15.3 Å². The molecule has 11 heteroatoms. The molecule has 4 aromatic heterocycles. The largest absolute Gasteiger partial charge is 0.343 e. The van der Waals surface area contributed by atoms with Gasteiger partial charge in [-0.1, -0.05) is 24.3 Å². The summed E-state index contributed by atoms with van der Waals surface area (Å²) in [6.07, 6.45) is 13.1. The Balaban J connectivity index is 1.15. The van der Waals surface area contributed by atoms with Crippen molar-refractivity contribution in [1.29, 1.82) is 0 Å². The van der Waals surface area contributed by atoms with E-state index in [1.165, 1.54) is 0 Å². The highest BCUT2D eigenvalue weighted by molar-refractivity contribution is 5.85. The molecule has 0 saturated carbocycles. The van der Waals surface area contributed by atoms with Gasteiger partial charge >= 0.3 is 0 Å². The predicted octanol–water partition coefficient (Wildman–Crippen LogP) is 4.17. The fraction of sp³-hybridized carbons (Fsp3) is 0.333. The maximum atomic E-state index is 11.7. The van der Waals surface area contributed by atoms with Crippen molar-refractivity contribution in [2.24, 2.45) is 14.1 Å². The first-order chi connectivity index (χ1) is 19.9. The van der Waals surface area contributed by atoms with E-state index >= 15 is 0 Å². The number of carbonyl (C=O) groups is 1. The number of benzene rings is 1. The smallest absolute Gasteiger partial charge is 0.227 e. The first-order valence-corrected chi connectivity index (χ1v) is 14.0.